The van der Waals surface area contributed by atoms with Gasteiger partial charge in [0.05, 0.1) is 5.92 Å². The number of carboxylic acid groups (broad SMARTS) is 1. The molecule has 0 saturated carbocycles. The van der Waals surface area contributed by atoms with E-state index < -0.39 is 30.4 Å². The number of hydrogen-bond acceptors (Lipinski definition) is 2. The van der Waals surface area contributed by atoms with Crippen LogP contribution in [-0.2, 0) is 16.0 Å². The number of carbonyl (C=O) groups is 2. The summed E-state index contributed by atoms with van der Waals surface area (Å²) in [5.74, 6) is -3.53. The number of carboxylic acids is 1. The SMILES string of the molecule is O=C(O)CCc1ccc(NC(=O)CC(c2ccccc2)C(F)(F)F)cc1. The lowest BCUT2D eigenvalue weighted by Crippen LogP contribution is -2.26. The summed E-state index contributed by atoms with van der Waals surface area (Å²) in [4.78, 5) is 22.6. The summed E-state index contributed by atoms with van der Waals surface area (Å²) in [7, 11) is 0. The van der Waals surface area contributed by atoms with Crippen molar-refractivity contribution in [3.05, 3.63) is 65.7 Å². The fourth-order valence-electron chi connectivity index (χ4n) is 2.51. The molecule has 0 aromatic heterocycles. The highest BCUT2D eigenvalue weighted by atomic mass is 19.4. The second kappa shape index (κ2) is 8.51. The molecular weight excluding hydrogens is 347 g/mol. The maximum atomic E-state index is 13.3. The van der Waals surface area contributed by atoms with Crippen LogP contribution in [0.1, 0.15) is 29.9 Å². The van der Waals surface area contributed by atoms with Gasteiger partial charge in [0.25, 0.3) is 0 Å². The highest BCUT2D eigenvalue weighted by molar-refractivity contribution is 5.91. The molecule has 0 bridgehead atoms. The Morgan fingerprint density at radius 2 is 1.62 bits per heavy atom. The van der Waals surface area contributed by atoms with Gasteiger partial charge < -0.3 is 10.4 Å². The number of hydrogen-bond donors (Lipinski definition) is 2. The highest BCUT2D eigenvalue weighted by Crippen LogP contribution is 2.37. The molecule has 2 aromatic carbocycles. The van der Waals surface area contributed by atoms with Crippen LogP contribution in [-0.4, -0.2) is 23.2 Å². The number of anilines is 1. The Labute approximate surface area is 148 Å². The molecule has 138 valence electrons. The van der Waals surface area contributed by atoms with Crippen LogP contribution >= 0.6 is 0 Å². The Bertz CT molecular complexity index is 743. The minimum absolute atomic E-state index is 0.0178. The van der Waals surface area contributed by atoms with Gasteiger partial charge in [0, 0.05) is 18.5 Å². The lowest BCUT2D eigenvalue weighted by Gasteiger charge is -2.20. The number of amides is 1. The van der Waals surface area contributed by atoms with Crippen molar-refractivity contribution in [2.75, 3.05) is 5.32 Å². The van der Waals surface area contributed by atoms with Crippen LogP contribution in [0.5, 0.6) is 0 Å². The van der Waals surface area contributed by atoms with E-state index >= 15 is 0 Å². The number of halogens is 3. The van der Waals surface area contributed by atoms with E-state index in [1.54, 1.807) is 30.3 Å². The summed E-state index contributed by atoms with van der Waals surface area (Å²) in [5, 5.41) is 11.1. The number of rotatable bonds is 7. The average molecular weight is 365 g/mol. The van der Waals surface area contributed by atoms with E-state index in [-0.39, 0.29) is 12.0 Å². The molecule has 0 saturated heterocycles. The van der Waals surface area contributed by atoms with Gasteiger partial charge in [-0.05, 0) is 29.7 Å². The monoisotopic (exact) mass is 365 g/mol. The van der Waals surface area contributed by atoms with Gasteiger partial charge in [-0.15, -0.1) is 0 Å². The molecule has 1 atom stereocenters. The van der Waals surface area contributed by atoms with Crippen molar-refractivity contribution in [1.82, 2.24) is 0 Å². The molecule has 0 aliphatic rings. The normalized spacial score (nSPS) is 12.4. The first-order valence-corrected chi connectivity index (χ1v) is 7.98. The Balaban J connectivity index is 2.01. The molecule has 0 spiro atoms. The Hall–Kier alpha value is -2.83. The standard InChI is InChI=1S/C19H18F3NO3/c20-19(21,22)16(14-4-2-1-3-5-14)12-17(24)23-15-9-6-13(7-10-15)8-11-18(25)26/h1-7,9-10,16H,8,11-12H2,(H,23,24)(H,25,26). The van der Waals surface area contributed by atoms with Crippen LogP contribution in [0.25, 0.3) is 0 Å². The molecule has 7 heteroatoms. The predicted molar refractivity (Wildman–Crippen MR) is 90.9 cm³/mol. The Morgan fingerprint density at radius 3 is 2.15 bits per heavy atom. The molecule has 2 aromatic rings. The number of aryl methyl sites for hydroxylation is 1. The minimum Gasteiger partial charge on any atom is -0.481 e. The summed E-state index contributed by atoms with van der Waals surface area (Å²) in [6.07, 6.45) is -4.92. The molecule has 0 aliphatic heterocycles. The van der Waals surface area contributed by atoms with Crippen molar-refractivity contribution in [3.63, 3.8) is 0 Å². The van der Waals surface area contributed by atoms with E-state index in [4.69, 9.17) is 5.11 Å². The fourth-order valence-corrected chi connectivity index (χ4v) is 2.51. The van der Waals surface area contributed by atoms with Crippen LogP contribution in [0.3, 0.4) is 0 Å². The van der Waals surface area contributed by atoms with Crippen LogP contribution in [0.4, 0.5) is 18.9 Å². The van der Waals surface area contributed by atoms with E-state index in [0.29, 0.717) is 12.1 Å². The third kappa shape index (κ3) is 5.91. The molecule has 0 radical (unpaired) electrons. The second-order valence-corrected chi connectivity index (χ2v) is 5.85. The highest BCUT2D eigenvalue weighted by Gasteiger charge is 2.41. The van der Waals surface area contributed by atoms with Crippen molar-refractivity contribution < 1.29 is 27.9 Å². The van der Waals surface area contributed by atoms with E-state index in [2.05, 4.69) is 5.32 Å². The van der Waals surface area contributed by atoms with E-state index in [0.717, 1.165) is 5.56 Å². The maximum absolute atomic E-state index is 13.3. The summed E-state index contributed by atoms with van der Waals surface area (Å²) >= 11 is 0. The Morgan fingerprint density at radius 1 is 1.00 bits per heavy atom. The minimum atomic E-state index is -4.53. The van der Waals surface area contributed by atoms with E-state index in [1.165, 1.54) is 24.3 Å². The summed E-state index contributed by atoms with van der Waals surface area (Å²) in [6.45, 7) is 0. The molecule has 1 unspecified atom stereocenters. The largest absolute Gasteiger partial charge is 0.481 e. The molecule has 2 rings (SSSR count). The van der Waals surface area contributed by atoms with E-state index in [1.807, 2.05) is 0 Å². The van der Waals surface area contributed by atoms with Gasteiger partial charge in [-0.25, -0.2) is 0 Å². The number of alkyl halides is 3. The molecule has 26 heavy (non-hydrogen) atoms. The topological polar surface area (TPSA) is 66.4 Å². The van der Waals surface area contributed by atoms with Crippen LogP contribution < -0.4 is 5.32 Å². The number of benzene rings is 2. The zero-order chi connectivity index (χ0) is 19.2. The third-order valence-electron chi connectivity index (χ3n) is 3.85. The molecule has 4 nitrogen and oxygen atoms in total. The first-order chi connectivity index (χ1) is 12.3. The van der Waals surface area contributed by atoms with Crippen molar-refractivity contribution in [2.45, 2.75) is 31.4 Å². The lowest BCUT2D eigenvalue weighted by molar-refractivity contribution is -0.156. The maximum Gasteiger partial charge on any atom is 0.396 e. The van der Waals surface area contributed by atoms with Gasteiger partial charge in [0.1, 0.15) is 0 Å². The van der Waals surface area contributed by atoms with Gasteiger partial charge in [-0.2, -0.15) is 13.2 Å². The summed E-state index contributed by atoms with van der Waals surface area (Å²) < 4.78 is 39.8. The van der Waals surface area contributed by atoms with Crippen molar-refractivity contribution in [3.8, 4) is 0 Å². The molecule has 2 N–H and O–H groups in total. The molecule has 1 amide bonds. The first-order valence-electron chi connectivity index (χ1n) is 7.98. The summed E-state index contributed by atoms with van der Waals surface area (Å²) in [6, 6.07) is 13.7. The zero-order valence-corrected chi connectivity index (χ0v) is 13.8. The van der Waals surface area contributed by atoms with Gasteiger partial charge >= 0.3 is 12.1 Å². The van der Waals surface area contributed by atoms with Gasteiger partial charge in [0.15, 0.2) is 0 Å². The first kappa shape index (κ1) is 19.5. The van der Waals surface area contributed by atoms with Crippen LogP contribution in [0.2, 0.25) is 0 Å². The van der Waals surface area contributed by atoms with Crippen molar-refractivity contribution in [2.24, 2.45) is 0 Å². The molecular formula is C19H18F3NO3. The fraction of sp³-hybridized carbons (Fsp3) is 0.263. The number of nitrogens with one attached hydrogen (secondary N) is 1. The third-order valence-corrected chi connectivity index (χ3v) is 3.85. The van der Waals surface area contributed by atoms with Gasteiger partial charge in [-0.3, -0.25) is 9.59 Å². The Kier molecular flexibility index (Phi) is 6.38. The number of carbonyl (C=O) groups excluding carboxylic acids is 1. The number of aliphatic carboxylic acids is 1. The van der Waals surface area contributed by atoms with Crippen LogP contribution in [0, 0.1) is 0 Å². The predicted octanol–water partition coefficient (Wildman–Crippen LogP) is 4.38. The zero-order valence-electron chi connectivity index (χ0n) is 13.8. The van der Waals surface area contributed by atoms with E-state index in [9.17, 15) is 22.8 Å². The van der Waals surface area contributed by atoms with Crippen molar-refractivity contribution >= 4 is 17.6 Å². The van der Waals surface area contributed by atoms with Gasteiger partial charge in [0.2, 0.25) is 5.91 Å². The molecule has 0 fully saturated rings. The molecule has 0 heterocycles. The molecule has 0 aliphatic carbocycles. The van der Waals surface area contributed by atoms with Crippen LogP contribution in [0.15, 0.2) is 54.6 Å². The quantitative estimate of drug-likeness (QED) is 0.765. The smallest absolute Gasteiger partial charge is 0.396 e. The van der Waals surface area contributed by atoms with Crippen molar-refractivity contribution in [1.29, 1.82) is 0 Å². The lowest BCUT2D eigenvalue weighted by atomic mass is 9.94. The summed E-state index contributed by atoms with van der Waals surface area (Å²) in [5.41, 5.74) is 1.17. The second-order valence-electron chi connectivity index (χ2n) is 5.85. The van der Waals surface area contributed by atoms with Gasteiger partial charge in [-0.1, -0.05) is 42.5 Å². The average Bonchev–Trinajstić information content (AvgIpc) is 2.59.